The number of carbonyl (C=O) groups excluding carboxylic acids is 1. The summed E-state index contributed by atoms with van der Waals surface area (Å²) in [7, 11) is -3.31. The van der Waals surface area contributed by atoms with E-state index in [1.54, 1.807) is 24.3 Å². The Morgan fingerprint density at radius 1 is 1.14 bits per heavy atom. The number of amides is 1. The molecule has 0 radical (unpaired) electrons. The number of nitrogens with one attached hydrogen (secondary N) is 2. The van der Waals surface area contributed by atoms with Gasteiger partial charge in [0, 0.05) is 11.4 Å². The van der Waals surface area contributed by atoms with Crippen LogP contribution in [0.5, 0.6) is 0 Å². The molecule has 0 aromatic heterocycles. The number of rotatable bonds is 9. The summed E-state index contributed by atoms with van der Waals surface area (Å²) >= 11 is 0. The predicted molar refractivity (Wildman–Crippen MR) is 90.3 cm³/mol. The van der Waals surface area contributed by atoms with Gasteiger partial charge in [0.1, 0.15) is 0 Å². The van der Waals surface area contributed by atoms with E-state index in [-0.39, 0.29) is 11.7 Å². The molecule has 0 bridgehead atoms. The zero-order valence-corrected chi connectivity index (χ0v) is 13.9. The van der Waals surface area contributed by atoms with Gasteiger partial charge in [-0.05, 0) is 37.1 Å². The van der Waals surface area contributed by atoms with Gasteiger partial charge in [-0.25, -0.2) is 8.42 Å². The molecule has 6 nitrogen and oxygen atoms in total. The molecule has 1 atom stereocenters. The van der Waals surface area contributed by atoms with Crippen molar-refractivity contribution in [3.8, 4) is 0 Å². The molecule has 0 fully saturated rings. The fourth-order valence-corrected chi connectivity index (χ4v) is 3.13. The highest BCUT2D eigenvalue weighted by atomic mass is 32.2. The van der Waals surface area contributed by atoms with E-state index in [0.717, 1.165) is 12.8 Å². The first-order chi connectivity index (χ1) is 10.4. The van der Waals surface area contributed by atoms with Crippen molar-refractivity contribution in [2.45, 2.75) is 45.6 Å². The molecule has 0 saturated heterocycles. The lowest BCUT2D eigenvalue weighted by Gasteiger charge is -2.12. The summed E-state index contributed by atoms with van der Waals surface area (Å²) < 4.78 is 26.1. The van der Waals surface area contributed by atoms with Crippen molar-refractivity contribution < 1.29 is 13.2 Å². The Hall–Kier alpha value is -1.60. The number of benzene rings is 1. The first-order valence-corrected chi connectivity index (χ1v) is 9.20. The molecule has 7 heteroatoms. The van der Waals surface area contributed by atoms with E-state index in [4.69, 9.17) is 5.73 Å². The molecule has 0 aliphatic rings. The summed E-state index contributed by atoms with van der Waals surface area (Å²) in [4.78, 5) is 11.8. The summed E-state index contributed by atoms with van der Waals surface area (Å²) in [6, 6.07) is 5.99. The van der Waals surface area contributed by atoms with E-state index in [9.17, 15) is 13.2 Å². The second-order valence-electron chi connectivity index (χ2n) is 5.24. The van der Waals surface area contributed by atoms with Crippen molar-refractivity contribution in [3.63, 3.8) is 0 Å². The second kappa shape index (κ2) is 8.75. The quantitative estimate of drug-likeness (QED) is 0.647. The molecule has 1 aromatic carbocycles. The summed E-state index contributed by atoms with van der Waals surface area (Å²) in [6.45, 7) is 3.91. The molecule has 0 spiro atoms. The van der Waals surface area contributed by atoms with Crippen LogP contribution in [0.15, 0.2) is 24.3 Å². The summed E-state index contributed by atoms with van der Waals surface area (Å²) in [5, 5.41) is 2.71. The Kier molecular flexibility index (Phi) is 7.34. The minimum absolute atomic E-state index is 0.105. The molecule has 124 valence electrons. The molecule has 22 heavy (non-hydrogen) atoms. The van der Waals surface area contributed by atoms with Crippen molar-refractivity contribution in [3.05, 3.63) is 24.3 Å². The second-order valence-corrected chi connectivity index (χ2v) is 7.08. The lowest BCUT2D eigenvalue weighted by Crippen LogP contribution is -2.35. The average molecular weight is 327 g/mol. The molecule has 0 saturated carbocycles. The molecule has 0 aliphatic heterocycles. The zero-order valence-electron chi connectivity index (χ0n) is 13.1. The Morgan fingerprint density at radius 3 is 2.27 bits per heavy atom. The number of sulfonamides is 1. The fraction of sp³-hybridized carbons (Fsp3) is 0.533. The largest absolute Gasteiger partial charge is 0.325 e. The van der Waals surface area contributed by atoms with Gasteiger partial charge < -0.3 is 11.1 Å². The van der Waals surface area contributed by atoms with Crippen molar-refractivity contribution in [2.24, 2.45) is 5.73 Å². The van der Waals surface area contributed by atoms with Crippen LogP contribution in [0.1, 0.15) is 39.5 Å². The topological polar surface area (TPSA) is 101 Å². The van der Waals surface area contributed by atoms with Gasteiger partial charge in [0.2, 0.25) is 15.9 Å². The third-order valence-electron chi connectivity index (χ3n) is 3.13. The maximum atomic E-state index is 11.8. The van der Waals surface area contributed by atoms with Gasteiger partial charge in [-0.3, -0.25) is 9.52 Å². The lowest BCUT2D eigenvalue weighted by molar-refractivity contribution is -0.117. The molecule has 1 unspecified atom stereocenters. The minimum atomic E-state index is -3.31. The van der Waals surface area contributed by atoms with E-state index in [1.165, 1.54) is 0 Å². The monoisotopic (exact) mass is 327 g/mol. The zero-order chi connectivity index (χ0) is 16.6. The van der Waals surface area contributed by atoms with Crippen LogP contribution >= 0.6 is 0 Å². The summed E-state index contributed by atoms with van der Waals surface area (Å²) in [5.41, 5.74) is 6.80. The van der Waals surface area contributed by atoms with Crippen LogP contribution in [0.3, 0.4) is 0 Å². The molecule has 0 aliphatic carbocycles. The molecule has 1 aromatic rings. The number of hydrogen-bond donors (Lipinski definition) is 3. The van der Waals surface area contributed by atoms with Crippen molar-refractivity contribution in [1.82, 2.24) is 0 Å². The van der Waals surface area contributed by atoms with Crippen molar-refractivity contribution in [2.75, 3.05) is 15.8 Å². The predicted octanol–water partition coefficient (Wildman–Crippen LogP) is 2.29. The van der Waals surface area contributed by atoms with E-state index in [2.05, 4.69) is 10.0 Å². The van der Waals surface area contributed by atoms with Crippen LogP contribution in [0.2, 0.25) is 0 Å². The van der Waals surface area contributed by atoms with Crippen molar-refractivity contribution >= 4 is 27.3 Å². The molecular formula is C15H25N3O3S. The van der Waals surface area contributed by atoms with Crippen LogP contribution < -0.4 is 15.8 Å². The fourth-order valence-electron chi connectivity index (χ4n) is 1.86. The highest BCUT2D eigenvalue weighted by molar-refractivity contribution is 7.92. The molecule has 1 rings (SSSR count). The van der Waals surface area contributed by atoms with Gasteiger partial charge in [0.15, 0.2) is 0 Å². The summed E-state index contributed by atoms with van der Waals surface area (Å²) in [6.07, 6.45) is 2.91. The highest BCUT2D eigenvalue weighted by Gasteiger charge is 2.13. The number of anilines is 2. The smallest absolute Gasteiger partial charge is 0.241 e. The van der Waals surface area contributed by atoms with E-state index in [1.807, 2.05) is 13.8 Å². The van der Waals surface area contributed by atoms with E-state index >= 15 is 0 Å². The SMILES string of the molecule is CCCCS(=O)(=O)Nc1ccc(NC(=O)C(N)CCC)cc1. The Bertz CT molecular complexity index is 570. The summed E-state index contributed by atoms with van der Waals surface area (Å²) in [5.74, 6) is -0.133. The van der Waals surface area contributed by atoms with Crippen LogP contribution in [0, 0.1) is 0 Å². The maximum absolute atomic E-state index is 11.8. The first-order valence-electron chi connectivity index (χ1n) is 7.55. The number of carbonyl (C=O) groups is 1. The van der Waals surface area contributed by atoms with Gasteiger partial charge in [-0.2, -0.15) is 0 Å². The molecule has 4 N–H and O–H groups in total. The Labute approximate surface area is 132 Å². The molecule has 0 heterocycles. The average Bonchev–Trinajstić information content (AvgIpc) is 2.47. The van der Waals surface area contributed by atoms with Crippen LogP contribution in [0.4, 0.5) is 11.4 Å². The van der Waals surface area contributed by atoms with Gasteiger partial charge in [-0.15, -0.1) is 0 Å². The van der Waals surface area contributed by atoms with Gasteiger partial charge in [0.05, 0.1) is 11.8 Å². The molecular weight excluding hydrogens is 302 g/mol. The van der Waals surface area contributed by atoms with Crippen molar-refractivity contribution in [1.29, 1.82) is 0 Å². The first kappa shape index (κ1) is 18.4. The van der Waals surface area contributed by atoms with Crippen LogP contribution in [-0.2, 0) is 14.8 Å². The Balaban J connectivity index is 2.61. The van der Waals surface area contributed by atoms with Gasteiger partial charge in [0.25, 0.3) is 0 Å². The standard InChI is InChI=1S/C15H25N3O3S/c1-3-5-11-22(20,21)18-13-9-7-12(8-10-13)17-15(19)14(16)6-4-2/h7-10,14,18H,3-6,11,16H2,1-2H3,(H,17,19). The van der Waals surface area contributed by atoms with Crippen LogP contribution in [0.25, 0.3) is 0 Å². The van der Waals surface area contributed by atoms with Gasteiger partial charge in [-0.1, -0.05) is 26.7 Å². The number of nitrogens with two attached hydrogens (primary N) is 1. The minimum Gasteiger partial charge on any atom is -0.325 e. The number of hydrogen-bond acceptors (Lipinski definition) is 4. The number of unbranched alkanes of at least 4 members (excludes halogenated alkanes) is 1. The normalized spacial score (nSPS) is 12.7. The third-order valence-corrected chi connectivity index (χ3v) is 4.50. The Morgan fingerprint density at radius 2 is 1.73 bits per heavy atom. The van der Waals surface area contributed by atoms with Crippen LogP contribution in [-0.4, -0.2) is 26.1 Å². The molecule has 1 amide bonds. The van der Waals surface area contributed by atoms with Gasteiger partial charge >= 0.3 is 0 Å². The highest BCUT2D eigenvalue weighted by Crippen LogP contribution is 2.15. The van der Waals surface area contributed by atoms with E-state index in [0.29, 0.717) is 24.2 Å². The third kappa shape index (κ3) is 6.44. The maximum Gasteiger partial charge on any atom is 0.241 e. The van der Waals surface area contributed by atoms with E-state index < -0.39 is 16.1 Å². The lowest BCUT2D eigenvalue weighted by atomic mass is 10.1.